The van der Waals surface area contributed by atoms with E-state index in [4.69, 9.17) is 10.5 Å². The quantitative estimate of drug-likeness (QED) is 0.721. The number of nitrogens with two attached hydrogens (primary N) is 1. The van der Waals surface area contributed by atoms with Crippen LogP contribution in [0.1, 0.15) is 10.4 Å². The van der Waals surface area contributed by atoms with Crippen LogP contribution in [0.2, 0.25) is 0 Å². The fourth-order valence-electron chi connectivity index (χ4n) is 1.25. The molecule has 1 amide bonds. The second-order valence-electron chi connectivity index (χ2n) is 3.24. The molecule has 0 aliphatic heterocycles. The summed E-state index contributed by atoms with van der Waals surface area (Å²) in [6.45, 7) is 0. The lowest BCUT2D eigenvalue weighted by atomic mass is 10.3. The third kappa shape index (κ3) is 2.33. The first-order valence-corrected chi connectivity index (χ1v) is 4.81. The molecule has 2 aromatic rings. The van der Waals surface area contributed by atoms with Gasteiger partial charge < -0.3 is 15.8 Å². The van der Waals surface area contributed by atoms with Crippen molar-refractivity contribution in [1.82, 2.24) is 15.2 Å². The zero-order valence-electron chi connectivity index (χ0n) is 9.10. The smallest absolute Gasteiger partial charge is 0.261 e. The molecule has 0 fully saturated rings. The van der Waals surface area contributed by atoms with Gasteiger partial charge in [0.05, 0.1) is 25.2 Å². The molecule has 7 heteroatoms. The van der Waals surface area contributed by atoms with Crippen LogP contribution in [0.3, 0.4) is 0 Å². The first-order valence-electron chi connectivity index (χ1n) is 4.81. The van der Waals surface area contributed by atoms with E-state index in [1.54, 1.807) is 12.1 Å². The Morgan fingerprint density at radius 1 is 1.47 bits per heavy atom. The summed E-state index contributed by atoms with van der Waals surface area (Å²) in [5, 5.41) is 8.79. The van der Waals surface area contributed by atoms with Gasteiger partial charge in [-0.15, -0.1) is 0 Å². The van der Waals surface area contributed by atoms with E-state index >= 15 is 0 Å². The number of aromatic amines is 1. The van der Waals surface area contributed by atoms with E-state index in [1.165, 1.54) is 19.5 Å². The summed E-state index contributed by atoms with van der Waals surface area (Å²) in [5.74, 6) is 0.359. The number of hydrogen-bond donors (Lipinski definition) is 3. The van der Waals surface area contributed by atoms with E-state index < -0.39 is 0 Å². The van der Waals surface area contributed by atoms with E-state index in [9.17, 15) is 4.79 Å². The number of aromatic nitrogens is 3. The van der Waals surface area contributed by atoms with Crippen molar-refractivity contribution in [3.63, 3.8) is 0 Å². The lowest BCUT2D eigenvalue weighted by Gasteiger charge is -2.04. The van der Waals surface area contributed by atoms with Crippen molar-refractivity contribution in [2.24, 2.45) is 0 Å². The second kappa shape index (κ2) is 4.52. The molecule has 88 valence electrons. The van der Waals surface area contributed by atoms with Gasteiger partial charge in [0.2, 0.25) is 5.88 Å². The molecule has 2 rings (SSSR count). The Hall–Kier alpha value is -2.57. The SMILES string of the molecule is COc1ccc(NC(=O)c2cn[nH]c2N)cn1. The number of nitrogens with zero attached hydrogens (tertiary/aromatic N) is 2. The van der Waals surface area contributed by atoms with E-state index in [0.717, 1.165) is 0 Å². The third-order valence-corrected chi connectivity index (χ3v) is 2.12. The zero-order valence-corrected chi connectivity index (χ0v) is 9.10. The lowest BCUT2D eigenvalue weighted by Crippen LogP contribution is -2.13. The summed E-state index contributed by atoms with van der Waals surface area (Å²) in [7, 11) is 1.52. The molecule has 0 bridgehead atoms. The largest absolute Gasteiger partial charge is 0.481 e. The predicted molar refractivity (Wildman–Crippen MR) is 61.7 cm³/mol. The van der Waals surface area contributed by atoms with Crippen LogP contribution in [0.4, 0.5) is 11.5 Å². The van der Waals surface area contributed by atoms with Crippen molar-refractivity contribution in [3.8, 4) is 5.88 Å². The predicted octanol–water partition coefficient (Wildman–Crippen LogP) is 0.648. The minimum atomic E-state index is -0.344. The Morgan fingerprint density at radius 3 is 2.82 bits per heavy atom. The number of ether oxygens (including phenoxy) is 1. The molecule has 0 radical (unpaired) electrons. The highest BCUT2D eigenvalue weighted by atomic mass is 16.5. The Balaban J connectivity index is 2.10. The number of nitrogen functional groups attached to an aromatic ring is 1. The van der Waals surface area contributed by atoms with Crippen molar-refractivity contribution in [2.75, 3.05) is 18.2 Å². The van der Waals surface area contributed by atoms with Gasteiger partial charge in [-0.2, -0.15) is 5.10 Å². The molecule has 17 heavy (non-hydrogen) atoms. The highest BCUT2D eigenvalue weighted by Crippen LogP contribution is 2.13. The van der Waals surface area contributed by atoms with Crippen LogP contribution in [0, 0.1) is 0 Å². The van der Waals surface area contributed by atoms with Gasteiger partial charge in [0.15, 0.2) is 0 Å². The number of rotatable bonds is 3. The summed E-state index contributed by atoms with van der Waals surface area (Å²) >= 11 is 0. The molecule has 0 spiro atoms. The molecule has 0 saturated heterocycles. The van der Waals surface area contributed by atoms with Crippen molar-refractivity contribution in [3.05, 3.63) is 30.1 Å². The third-order valence-electron chi connectivity index (χ3n) is 2.12. The summed E-state index contributed by atoms with van der Waals surface area (Å²) in [6, 6.07) is 3.33. The number of amides is 1. The Morgan fingerprint density at radius 2 is 2.29 bits per heavy atom. The second-order valence-corrected chi connectivity index (χ2v) is 3.24. The maximum atomic E-state index is 11.7. The first-order chi connectivity index (χ1) is 8.20. The number of pyridine rings is 1. The Labute approximate surface area is 97.0 Å². The monoisotopic (exact) mass is 233 g/mol. The number of carbonyl (C=O) groups is 1. The summed E-state index contributed by atoms with van der Waals surface area (Å²) in [6.07, 6.45) is 2.86. The van der Waals surface area contributed by atoms with Gasteiger partial charge in [-0.1, -0.05) is 0 Å². The van der Waals surface area contributed by atoms with Crippen LogP contribution >= 0.6 is 0 Å². The first kappa shape index (κ1) is 10.9. The van der Waals surface area contributed by atoms with Crippen molar-refractivity contribution >= 4 is 17.4 Å². The van der Waals surface area contributed by atoms with Crippen LogP contribution in [0.25, 0.3) is 0 Å². The van der Waals surface area contributed by atoms with Crippen LogP contribution in [-0.4, -0.2) is 28.2 Å². The van der Waals surface area contributed by atoms with Crippen molar-refractivity contribution in [1.29, 1.82) is 0 Å². The van der Waals surface area contributed by atoms with Crippen LogP contribution in [0.15, 0.2) is 24.5 Å². The topological polar surface area (TPSA) is 106 Å². The summed E-state index contributed by atoms with van der Waals surface area (Å²) in [4.78, 5) is 15.7. The van der Waals surface area contributed by atoms with Crippen LogP contribution < -0.4 is 15.8 Å². The molecule has 0 aliphatic rings. The van der Waals surface area contributed by atoms with Gasteiger partial charge in [0, 0.05) is 6.07 Å². The van der Waals surface area contributed by atoms with E-state index in [0.29, 0.717) is 17.1 Å². The molecule has 2 aromatic heterocycles. The van der Waals surface area contributed by atoms with Crippen LogP contribution in [0.5, 0.6) is 5.88 Å². The highest BCUT2D eigenvalue weighted by molar-refractivity contribution is 6.06. The molecule has 0 unspecified atom stereocenters. The Bertz CT molecular complexity index is 520. The minimum absolute atomic E-state index is 0.226. The number of hydrogen-bond acceptors (Lipinski definition) is 5. The van der Waals surface area contributed by atoms with E-state index in [-0.39, 0.29) is 11.7 Å². The Kier molecular flexibility index (Phi) is 2.91. The number of H-pyrrole nitrogens is 1. The average molecular weight is 233 g/mol. The molecule has 0 saturated carbocycles. The van der Waals surface area contributed by atoms with Gasteiger partial charge in [-0.05, 0) is 6.07 Å². The molecular weight excluding hydrogens is 222 g/mol. The molecular formula is C10H11N5O2. The fraction of sp³-hybridized carbons (Fsp3) is 0.100. The maximum absolute atomic E-state index is 11.7. The molecule has 0 aromatic carbocycles. The molecule has 2 heterocycles. The van der Waals surface area contributed by atoms with Crippen molar-refractivity contribution in [2.45, 2.75) is 0 Å². The standard InChI is InChI=1S/C10H11N5O2/c1-17-8-3-2-6(4-12-8)14-10(16)7-5-13-15-9(7)11/h2-5H,1H3,(H,14,16)(H3,11,13,15). The number of carbonyl (C=O) groups excluding carboxylic acids is 1. The highest BCUT2D eigenvalue weighted by Gasteiger charge is 2.11. The molecule has 0 aliphatic carbocycles. The number of nitrogens with one attached hydrogen (secondary N) is 2. The zero-order chi connectivity index (χ0) is 12.3. The minimum Gasteiger partial charge on any atom is -0.481 e. The number of anilines is 2. The molecule has 7 nitrogen and oxygen atoms in total. The summed E-state index contributed by atoms with van der Waals surface area (Å²) < 4.78 is 4.91. The van der Waals surface area contributed by atoms with Gasteiger partial charge in [0.1, 0.15) is 11.4 Å². The molecule has 4 N–H and O–H groups in total. The van der Waals surface area contributed by atoms with Gasteiger partial charge in [0.25, 0.3) is 5.91 Å². The normalized spacial score (nSPS) is 9.94. The maximum Gasteiger partial charge on any atom is 0.261 e. The average Bonchev–Trinajstić information content (AvgIpc) is 2.76. The van der Waals surface area contributed by atoms with Gasteiger partial charge >= 0.3 is 0 Å². The van der Waals surface area contributed by atoms with Gasteiger partial charge in [-0.3, -0.25) is 9.89 Å². The number of methoxy groups -OCH3 is 1. The van der Waals surface area contributed by atoms with Crippen molar-refractivity contribution < 1.29 is 9.53 Å². The van der Waals surface area contributed by atoms with E-state index in [2.05, 4.69) is 20.5 Å². The van der Waals surface area contributed by atoms with Gasteiger partial charge in [-0.25, -0.2) is 4.98 Å². The summed E-state index contributed by atoms with van der Waals surface area (Å²) in [5.41, 5.74) is 6.37. The van der Waals surface area contributed by atoms with E-state index in [1.807, 2.05) is 0 Å². The van der Waals surface area contributed by atoms with Crippen LogP contribution in [-0.2, 0) is 0 Å². The fourth-order valence-corrected chi connectivity index (χ4v) is 1.25. The molecule has 0 atom stereocenters. The lowest BCUT2D eigenvalue weighted by molar-refractivity contribution is 0.102.